The van der Waals surface area contributed by atoms with Gasteiger partial charge in [-0.05, 0) is 19.8 Å². The molecular formula is C12H23N3O2S2. The van der Waals surface area contributed by atoms with Gasteiger partial charge in [0.1, 0.15) is 0 Å². The van der Waals surface area contributed by atoms with Gasteiger partial charge in [0, 0.05) is 24.5 Å². The normalized spacial score (nSPS) is 13.6. The Hall–Kier alpha value is -0.500. The molecule has 19 heavy (non-hydrogen) atoms. The van der Waals surface area contributed by atoms with Crippen LogP contribution in [-0.2, 0) is 23.0 Å². The van der Waals surface area contributed by atoms with Crippen LogP contribution in [-0.4, -0.2) is 31.7 Å². The highest BCUT2D eigenvalue weighted by molar-refractivity contribution is 7.89. The molecule has 0 bridgehead atoms. The van der Waals surface area contributed by atoms with E-state index in [1.54, 1.807) is 11.3 Å². The van der Waals surface area contributed by atoms with Gasteiger partial charge in [0.05, 0.1) is 16.5 Å². The number of nitrogens with one attached hydrogen (secondary N) is 2. The average Bonchev–Trinajstić information content (AvgIpc) is 2.82. The summed E-state index contributed by atoms with van der Waals surface area (Å²) < 4.78 is 25.6. The number of rotatable bonds is 9. The molecule has 7 heteroatoms. The summed E-state index contributed by atoms with van der Waals surface area (Å²) in [6.45, 7) is 6.98. The Morgan fingerprint density at radius 3 is 2.74 bits per heavy atom. The fourth-order valence-corrected chi connectivity index (χ4v) is 3.47. The number of aromatic nitrogens is 1. The van der Waals surface area contributed by atoms with Crippen LogP contribution in [0.15, 0.2) is 5.38 Å². The van der Waals surface area contributed by atoms with E-state index in [0.717, 1.165) is 17.1 Å². The molecule has 0 fully saturated rings. The van der Waals surface area contributed by atoms with E-state index < -0.39 is 10.0 Å². The molecular weight excluding hydrogens is 282 g/mol. The standard InChI is InChI=1S/C12H23N3O2S2/c1-4-6-19(16,17)14-7-10(3)13-8-11-9-18-12(5-2)15-11/h9-10,13-14H,4-8H2,1-3H3/t10-/m0/s1. The first-order valence-corrected chi connectivity index (χ1v) is 9.14. The molecule has 0 aliphatic heterocycles. The summed E-state index contributed by atoms with van der Waals surface area (Å²) in [6, 6.07) is 0.0819. The van der Waals surface area contributed by atoms with Crippen molar-refractivity contribution >= 4 is 21.4 Å². The van der Waals surface area contributed by atoms with E-state index in [-0.39, 0.29) is 11.8 Å². The van der Waals surface area contributed by atoms with E-state index >= 15 is 0 Å². The van der Waals surface area contributed by atoms with Crippen molar-refractivity contribution in [2.24, 2.45) is 0 Å². The number of sulfonamides is 1. The number of nitrogens with zero attached hydrogens (tertiary/aromatic N) is 1. The van der Waals surface area contributed by atoms with Crippen molar-refractivity contribution in [2.75, 3.05) is 12.3 Å². The summed E-state index contributed by atoms with van der Waals surface area (Å²) >= 11 is 1.66. The van der Waals surface area contributed by atoms with Crippen LogP contribution in [0, 0.1) is 0 Å². The second kappa shape index (κ2) is 7.94. The van der Waals surface area contributed by atoms with Crippen LogP contribution >= 0.6 is 11.3 Å². The quantitative estimate of drug-likeness (QED) is 0.725. The molecule has 2 N–H and O–H groups in total. The summed E-state index contributed by atoms with van der Waals surface area (Å²) in [4.78, 5) is 4.46. The molecule has 0 radical (unpaired) electrons. The van der Waals surface area contributed by atoms with Crippen molar-refractivity contribution < 1.29 is 8.42 Å². The van der Waals surface area contributed by atoms with Crippen LogP contribution in [0.5, 0.6) is 0 Å². The molecule has 0 unspecified atom stereocenters. The molecule has 1 atom stereocenters. The first-order chi connectivity index (χ1) is 8.96. The lowest BCUT2D eigenvalue weighted by Crippen LogP contribution is -2.39. The van der Waals surface area contributed by atoms with E-state index in [2.05, 4.69) is 21.9 Å². The Kier molecular flexibility index (Phi) is 6.92. The summed E-state index contributed by atoms with van der Waals surface area (Å²) in [6.07, 6.45) is 1.59. The van der Waals surface area contributed by atoms with E-state index in [9.17, 15) is 8.42 Å². The van der Waals surface area contributed by atoms with Crippen LogP contribution in [0.3, 0.4) is 0 Å². The number of hydrogen-bond donors (Lipinski definition) is 2. The van der Waals surface area contributed by atoms with Crippen LogP contribution < -0.4 is 10.0 Å². The fourth-order valence-electron chi connectivity index (χ4n) is 1.54. The summed E-state index contributed by atoms with van der Waals surface area (Å²) in [5.41, 5.74) is 1.02. The van der Waals surface area contributed by atoms with Gasteiger partial charge < -0.3 is 5.32 Å². The maximum absolute atomic E-state index is 11.5. The topological polar surface area (TPSA) is 71.1 Å². The van der Waals surface area contributed by atoms with Gasteiger partial charge in [-0.3, -0.25) is 0 Å². The Bertz CT molecular complexity index is 471. The van der Waals surface area contributed by atoms with Crippen molar-refractivity contribution in [3.05, 3.63) is 16.1 Å². The van der Waals surface area contributed by atoms with Crippen molar-refractivity contribution in [1.29, 1.82) is 0 Å². The van der Waals surface area contributed by atoms with Crippen LogP contribution in [0.2, 0.25) is 0 Å². The van der Waals surface area contributed by atoms with Gasteiger partial charge >= 0.3 is 0 Å². The Balaban J connectivity index is 2.30. The minimum absolute atomic E-state index is 0.0819. The first-order valence-electron chi connectivity index (χ1n) is 6.60. The lowest BCUT2D eigenvalue weighted by molar-refractivity contribution is 0.521. The molecule has 0 saturated carbocycles. The van der Waals surface area contributed by atoms with Gasteiger partial charge in [-0.25, -0.2) is 18.1 Å². The lowest BCUT2D eigenvalue weighted by atomic mass is 10.3. The van der Waals surface area contributed by atoms with Gasteiger partial charge in [0.25, 0.3) is 0 Å². The van der Waals surface area contributed by atoms with E-state index in [1.165, 1.54) is 0 Å². The zero-order chi connectivity index (χ0) is 14.3. The molecule has 1 aromatic rings. The van der Waals surface area contributed by atoms with E-state index in [1.807, 2.05) is 19.2 Å². The highest BCUT2D eigenvalue weighted by Gasteiger charge is 2.10. The minimum Gasteiger partial charge on any atom is -0.307 e. The van der Waals surface area contributed by atoms with Gasteiger partial charge in [-0.2, -0.15) is 0 Å². The maximum Gasteiger partial charge on any atom is 0.211 e. The summed E-state index contributed by atoms with van der Waals surface area (Å²) in [7, 11) is -3.11. The number of thiazole rings is 1. The molecule has 110 valence electrons. The van der Waals surface area contributed by atoms with Crippen LogP contribution in [0.1, 0.15) is 37.9 Å². The Labute approximate surface area is 119 Å². The zero-order valence-electron chi connectivity index (χ0n) is 11.8. The van der Waals surface area contributed by atoms with Crippen molar-refractivity contribution in [3.8, 4) is 0 Å². The van der Waals surface area contributed by atoms with E-state index in [0.29, 0.717) is 19.5 Å². The predicted octanol–water partition coefficient (Wildman–Crippen LogP) is 1.51. The molecule has 1 heterocycles. The van der Waals surface area contributed by atoms with Gasteiger partial charge in [0.2, 0.25) is 10.0 Å². The van der Waals surface area contributed by atoms with Crippen LogP contribution in [0.4, 0.5) is 0 Å². The van der Waals surface area contributed by atoms with E-state index in [4.69, 9.17) is 0 Å². The van der Waals surface area contributed by atoms with Crippen molar-refractivity contribution in [3.63, 3.8) is 0 Å². The lowest BCUT2D eigenvalue weighted by Gasteiger charge is -2.13. The molecule has 1 aromatic heterocycles. The van der Waals surface area contributed by atoms with Crippen LogP contribution in [0.25, 0.3) is 0 Å². The summed E-state index contributed by atoms with van der Waals surface area (Å²) in [5.74, 6) is 0.186. The molecule has 0 saturated heterocycles. The molecule has 0 amide bonds. The Morgan fingerprint density at radius 1 is 1.42 bits per heavy atom. The maximum atomic E-state index is 11.5. The van der Waals surface area contributed by atoms with Crippen molar-refractivity contribution in [2.45, 2.75) is 46.2 Å². The highest BCUT2D eigenvalue weighted by Crippen LogP contribution is 2.09. The van der Waals surface area contributed by atoms with Gasteiger partial charge in [0.15, 0.2) is 0 Å². The average molecular weight is 305 g/mol. The minimum atomic E-state index is -3.11. The first kappa shape index (κ1) is 16.6. The second-order valence-corrected chi connectivity index (χ2v) is 7.40. The molecule has 0 aliphatic carbocycles. The number of hydrogen-bond acceptors (Lipinski definition) is 5. The molecule has 0 aromatic carbocycles. The second-order valence-electron chi connectivity index (χ2n) is 4.54. The molecule has 1 rings (SSSR count). The molecule has 0 aliphatic rings. The smallest absolute Gasteiger partial charge is 0.211 e. The Morgan fingerprint density at radius 2 is 2.16 bits per heavy atom. The summed E-state index contributed by atoms with van der Waals surface area (Å²) in [5, 5.41) is 6.44. The largest absolute Gasteiger partial charge is 0.307 e. The fraction of sp³-hybridized carbons (Fsp3) is 0.750. The third-order valence-electron chi connectivity index (χ3n) is 2.62. The highest BCUT2D eigenvalue weighted by atomic mass is 32.2. The third-order valence-corrected chi connectivity index (χ3v) is 5.21. The van der Waals surface area contributed by atoms with Gasteiger partial charge in [-0.1, -0.05) is 13.8 Å². The number of aryl methyl sites for hydroxylation is 1. The van der Waals surface area contributed by atoms with Crippen molar-refractivity contribution in [1.82, 2.24) is 15.0 Å². The SMILES string of the molecule is CCCS(=O)(=O)NC[C@H](C)NCc1csc(CC)n1. The van der Waals surface area contributed by atoms with Gasteiger partial charge in [-0.15, -0.1) is 11.3 Å². The predicted molar refractivity (Wildman–Crippen MR) is 79.9 cm³/mol. The third kappa shape index (κ3) is 6.47. The molecule has 0 spiro atoms. The molecule has 5 nitrogen and oxygen atoms in total. The zero-order valence-corrected chi connectivity index (χ0v) is 13.4. The monoisotopic (exact) mass is 305 g/mol.